The highest BCUT2D eigenvalue weighted by Gasteiger charge is 2.22. The Morgan fingerprint density at radius 2 is 1.83 bits per heavy atom. The van der Waals surface area contributed by atoms with Crippen LogP contribution in [0.1, 0.15) is 31.3 Å². The first-order valence-corrected chi connectivity index (χ1v) is 8.39. The van der Waals surface area contributed by atoms with Crippen molar-refractivity contribution in [1.29, 1.82) is 0 Å². The van der Waals surface area contributed by atoms with Gasteiger partial charge in [-0.05, 0) is 31.5 Å². The van der Waals surface area contributed by atoms with E-state index in [1.54, 1.807) is 12.1 Å². The van der Waals surface area contributed by atoms with Crippen molar-refractivity contribution in [2.75, 3.05) is 26.2 Å². The van der Waals surface area contributed by atoms with E-state index < -0.39 is 0 Å². The Labute approximate surface area is 137 Å². The molecule has 2 heterocycles. The van der Waals surface area contributed by atoms with E-state index in [1.807, 2.05) is 24.5 Å². The molecule has 1 unspecified atom stereocenters. The molecule has 1 saturated heterocycles. The fourth-order valence-corrected chi connectivity index (χ4v) is 3.24. The van der Waals surface area contributed by atoms with Gasteiger partial charge in [0.2, 0.25) is 0 Å². The maximum atomic E-state index is 13.1. The highest BCUT2D eigenvalue weighted by molar-refractivity contribution is 5.19. The van der Waals surface area contributed by atoms with Crippen molar-refractivity contribution in [1.82, 2.24) is 19.4 Å². The lowest BCUT2D eigenvalue weighted by atomic mass is 10.1. The highest BCUT2D eigenvalue weighted by atomic mass is 19.1. The lowest BCUT2D eigenvalue weighted by Crippen LogP contribution is -2.46. The average Bonchev–Trinajstić information content (AvgIpc) is 3.03. The summed E-state index contributed by atoms with van der Waals surface area (Å²) in [5.41, 5.74) is 1.18. The van der Waals surface area contributed by atoms with Crippen LogP contribution in [-0.2, 0) is 13.1 Å². The fraction of sp³-hybridized carbons (Fsp3) is 0.500. The van der Waals surface area contributed by atoms with Gasteiger partial charge in [0.1, 0.15) is 11.6 Å². The van der Waals surface area contributed by atoms with E-state index >= 15 is 0 Å². The molecule has 3 rings (SSSR count). The molecular formula is C18H25FN4. The number of piperazine rings is 1. The van der Waals surface area contributed by atoms with Gasteiger partial charge in [0.15, 0.2) is 0 Å². The molecule has 4 nitrogen and oxygen atoms in total. The molecule has 23 heavy (non-hydrogen) atoms. The summed E-state index contributed by atoms with van der Waals surface area (Å²) in [6.45, 7) is 10.4. The number of hydrogen-bond donors (Lipinski definition) is 0. The quantitative estimate of drug-likeness (QED) is 0.848. The van der Waals surface area contributed by atoms with Gasteiger partial charge in [-0.1, -0.05) is 12.1 Å². The van der Waals surface area contributed by atoms with Crippen molar-refractivity contribution in [3.05, 3.63) is 53.9 Å². The van der Waals surface area contributed by atoms with Crippen LogP contribution in [0.2, 0.25) is 0 Å². The van der Waals surface area contributed by atoms with E-state index in [-0.39, 0.29) is 5.82 Å². The van der Waals surface area contributed by atoms with Gasteiger partial charge in [0.05, 0.1) is 6.54 Å². The summed E-state index contributed by atoms with van der Waals surface area (Å²) in [5, 5.41) is 0. The van der Waals surface area contributed by atoms with Crippen LogP contribution in [0.25, 0.3) is 0 Å². The first-order chi connectivity index (χ1) is 11.2. The van der Waals surface area contributed by atoms with E-state index in [0.29, 0.717) is 6.04 Å². The minimum absolute atomic E-state index is 0.169. The zero-order valence-electron chi connectivity index (χ0n) is 14.0. The molecule has 2 aromatic rings. The third-order valence-electron chi connectivity index (χ3n) is 4.81. The molecule has 1 fully saturated rings. The summed E-state index contributed by atoms with van der Waals surface area (Å²) in [6, 6.07) is 7.21. The van der Waals surface area contributed by atoms with Crippen molar-refractivity contribution in [2.45, 2.75) is 33.0 Å². The fourth-order valence-electron chi connectivity index (χ4n) is 3.24. The van der Waals surface area contributed by atoms with E-state index in [9.17, 15) is 4.39 Å². The number of hydrogen-bond acceptors (Lipinski definition) is 3. The van der Waals surface area contributed by atoms with Crippen molar-refractivity contribution in [3.8, 4) is 0 Å². The molecule has 0 N–H and O–H groups in total. The Kier molecular flexibility index (Phi) is 5.08. The van der Waals surface area contributed by atoms with Crippen LogP contribution < -0.4 is 0 Å². The van der Waals surface area contributed by atoms with Gasteiger partial charge >= 0.3 is 0 Å². The number of aryl methyl sites for hydroxylation is 1. The summed E-state index contributed by atoms with van der Waals surface area (Å²) < 4.78 is 15.3. The Morgan fingerprint density at radius 3 is 2.48 bits per heavy atom. The molecule has 0 aliphatic carbocycles. The molecule has 1 aliphatic heterocycles. The van der Waals surface area contributed by atoms with Gasteiger partial charge in [-0.15, -0.1) is 0 Å². The Bertz CT molecular complexity index is 614. The maximum absolute atomic E-state index is 13.1. The molecule has 0 saturated carbocycles. The summed E-state index contributed by atoms with van der Waals surface area (Å²) in [4.78, 5) is 9.39. The van der Waals surface area contributed by atoms with Crippen LogP contribution in [0.15, 0.2) is 36.7 Å². The highest BCUT2D eigenvalue weighted by Crippen LogP contribution is 2.22. The monoisotopic (exact) mass is 316 g/mol. The van der Waals surface area contributed by atoms with Crippen LogP contribution in [0, 0.1) is 5.82 Å². The Balaban J connectivity index is 1.54. The maximum Gasteiger partial charge on any atom is 0.123 e. The van der Waals surface area contributed by atoms with Gasteiger partial charge < -0.3 is 4.57 Å². The molecule has 0 radical (unpaired) electrons. The molecule has 124 valence electrons. The van der Waals surface area contributed by atoms with Crippen molar-refractivity contribution >= 4 is 0 Å². The van der Waals surface area contributed by atoms with Crippen molar-refractivity contribution < 1.29 is 4.39 Å². The smallest absolute Gasteiger partial charge is 0.123 e. The standard InChI is InChI=1S/C18H25FN4/c1-3-22-9-8-20-18(22)14-21-10-12-23(13-11-21)15(2)16-4-6-17(19)7-5-16/h4-9,15H,3,10-14H2,1-2H3. The molecular weight excluding hydrogens is 291 g/mol. The van der Waals surface area contributed by atoms with Gasteiger partial charge in [0, 0.05) is 51.2 Å². The molecule has 5 heteroatoms. The van der Waals surface area contributed by atoms with Crippen LogP contribution in [0.5, 0.6) is 0 Å². The SMILES string of the molecule is CCn1ccnc1CN1CCN(C(C)c2ccc(F)cc2)CC1. The summed E-state index contributed by atoms with van der Waals surface area (Å²) >= 11 is 0. The minimum atomic E-state index is -0.169. The van der Waals surface area contributed by atoms with Crippen LogP contribution in [-0.4, -0.2) is 45.5 Å². The van der Waals surface area contributed by atoms with E-state index in [0.717, 1.165) is 45.1 Å². The largest absolute Gasteiger partial charge is 0.334 e. The second kappa shape index (κ2) is 7.23. The van der Waals surface area contributed by atoms with E-state index in [2.05, 4.69) is 33.2 Å². The molecule has 1 aromatic carbocycles. The number of benzene rings is 1. The normalized spacial score (nSPS) is 18.2. The number of aromatic nitrogens is 2. The number of halogens is 1. The molecule has 0 bridgehead atoms. The van der Waals surface area contributed by atoms with Crippen molar-refractivity contribution in [2.24, 2.45) is 0 Å². The zero-order valence-corrected chi connectivity index (χ0v) is 14.0. The summed E-state index contributed by atoms with van der Waals surface area (Å²) in [7, 11) is 0. The first kappa shape index (κ1) is 16.1. The Hall–Kier alpha value is -1.72. The molecule has 1 atom stereocenters. The molecule has 1 aliphatic rings. The predicted octanol–water partition coefficient (Wildman–Crippen LogP) is 2.92. The summed E-state index contributed by atoms with van der Waals surface area (Å²) in [5.74, 6) is 0.977. The molecule has 0 amide bonds. The van der Waals surface area contributed by atoms with Crippen LogP contribution >= 0.6 is 0 Å². The zero-order chi connectivity index (χ0) is 16.2. The molecule has 0 spiro atoms. The summed E-state index contributed by atoms with van der Waals surface area (Å²) in [6.07, 6.45) is 3.92. The second-order valence-corrected chi connectivity index (χ2v) is 6.17. The number of imidazole rings is 1. The topological polar surface area (TPSA) is 24.3 Å². The van der Waals surface area contributed by atoms with Gasteiger partial charge in [-0.2, -0.15) is 0 Å². The average molecular weight is 316 g/mol. The van der Waals surface area contributed by atoms with Crippen LogP contribution in [0.3, 0.4) is 0 Å². The van der Waals surface area contributed by atoms with Gasteiger partial charge in [-0.25, -0.2) is 9.37 Å². The third kappa shape index (κ3) is 3.79. The lowest BCUT2D eigenvalue weighted by Gasteiger charge is -2.38. The van der Waals surface area contributed by atoms with Crippen LogP contribution in [0.4, 0.5) is 4.39 Å². The Morgan fingerprint density at radius 1 is 1.13 bits per heavy atom. The van der Waals surface area contributed by atoms with Crippen molar-refractivity contribution in [3.63, 3.8) is 0 Å². The van der Waals surface area contributed by atoms with E-state index in [1.165, 1.54) is 5.56 Å². The predicted molar refractivity (Wildman–Crippen MR) is 89.6 cm³/mol. The lowest BCUT2D eigenvalue weighted by molar-refractivity contribution is 0.0954. The van der Waals surface area contributed by atoms with E-state index in [4.69, 9.17) is 0 Å². The van der Waals surface area contributed by atoms with Gasteiger partial charge in [-0.3, -0.25) is 9.80 Å². The minimum Gasteiger partial charge on any atom is -0.334 e. The third-order valence-corrected chi connectivity index (χ3v) is 4.81. The number of nitrogens with zero attached hydrogens (tertiary/aromatic N) is 4. The number of rotatable bonds is 5. The first-order valence-electron chi connectivity index (χ1n) is 8.39. The second-order valence-electron chi connectivity index (χ2n) is 6.17. The molecule has 1 aromatic heterocycles. The van der Waals surface area contributed by atoms with Gasteiger partial charge in [0.25, 0.3) is 0 Å².